The molecule has 0 saturated carbocycles. The molecule has 0 N–H and O–H groups in total. The van der Waals surface area contributed by atoms with E-state index in [4.69, 9.17) is 8.83 Å². The Morgan fingerprint density at radius 3 is 1.67 bits per heavy atom. The van der Waals surface area contributed by atoms with Gasteiger partial charge in [-0.1, -0.05) is 78.9 Å². The van der Waals surface area contributed by atoms with Crippen LogP contribution in [0.25, 0.3) is 105 Å². The summed E-state index contributed by atoms with van der Waals surface area (Å²) in [5.74, 6) is 0. The van der Waals surface area contributed by atoms with Gasteiger partial charge in [0.2, 0.25) is 0 Å². The molecule has 0 fully saturated rings. The fraction of sp³-hybridized carbons (Fsp3) is 0. The minimum absolute atomic E-state index is 0.453. The Morgan fingerprint density at radius 2 is 0.945 bits per heavy atom. The normalized spacial score (nSPS) is 11.6. The van der Waals surface area contributed by atoms with Gasteiger partial charge in [0.1, 0.15) is 22.3 Å². The van der Waals surface area contributed by atoms with Crippen LogP contribution in [0.3, 0.4) is 0 Å². The zero-order valence-electron chi connectivity index (χ0n) is 29.2. The molecule has 11 aromatic rings. The Balaban J connectivity index is 1.17. The maximum Gasteiger partial charge on any atom is 0.145 e. The first kappa shape index (κ1) is 30.7. The molecule has 0 aliphatic rings. The SMILES string of the molecule is N#Cc1cc(C#N)cc(-c2cccc(-c3cc(-c4ccc5c(c4)oc4ccccc45)cc(-n4c5ccccc5c5c6oc7ccccc7c6ccc54)c3)c2)c1. The van der Waals surface area contributed by atoms with Gasteiger partial charge < -0.3 is 13.4 Å². The van der Waals surface area contributed by atoms with E-state index in [1.54, 1.807) is 6.07 Å². The van der Waals surface area contributed by atoms with Gasteiger partial charge in [-0.05, 0) is 118 Å². The quantitative estimate of drug-likeness (QED) is 0.183. The summed E-state index contributed by atoms with van der Waals surface area (Å²) in [4.78, 5) is 0. The molecule has 0 aliphatic carbocycles. The molecule has 11 rings (SSSR count). The minimum Gasteiger partial charge on any atom is -0.456 e. The molecule has 0 saturated heterocycles. The highest BCUT2D eigenvalue weighted by molar-refractivity contribution is 6.24. The Kier molecular flexibility index (Phi) is 6.61. The average Bonchev–Trinajstić information content (AvgIpc) is 3.92. The van der Waals surface area contributed by atoms with E-state index in [1.807, 2.05) is 54.6 Å². The van der Waals surface area contributed by atoms with Gasteiger partial charge in [-0.25, -0.2) is 0 Å². The molecule has 0 atom stereocenters. The first-order valence-corrected chi connectivity index (χ1v) is 18.1. The van der Waals surface area contributed by atoms with Crippen LogP contribution in [0.4, 0.5) is 0 Å². The first-order chi connectivity index (χ1) is 27.1. The van der Waals surface area contributed by atoms with Crippen LogP contribution < -0.4 is 0 Å². The highest BCUT2D eigenvalue weighted by Crippen LogP contribution is 2.42. The molecule has 0 radical (unpaired) electrons. The number of para-hydroxylation sites is 3. The Labute approximate surface area is 314 Å². The molecular formula is C50H27N3O2. The summed E-state index contributed by atoms with van der Waals surface area (Å²) in [6.45, 7) is 0. The van der Waals surface area contributed by atoms with Gasteiger partial charge in [-0.15, -0.1) is 0 Å². The van der Waals surface area contributed by atoms with Crippen molar-refractivity contribution in [2.75, 3.05) is 0 Å². The molecule has 0 aliphatic heterocycles. The van der Waals surface area contributed by atoms with Crippen molar-refractivity contribution < 1.29 is 8.83 Å². The molecule has 0 unspecified atom stereocenters. The van der Waals surface area contributed by atoms with E-state index in [0.717, 1.165) is 105 Å². The number of fused-ring (bicyclic) bond motifs is 10. The second kappa shape index (κ2) is 11.8. The van der Waals surface area contributed by atoms with Gasteiger partial charge in [0.25, 0.3) is 0 Å². The van der Waals surface area contributed by atoms with Gasteiger partial charge in [0.15, 0.2) is 0 Å². The monoisotopic (exact) mass is 701 g/mol. The fourth-order valence-corrected chi connectivity index (χ4v) is 8.29. The fourth-order valence-electron chi connectivity index (χ4n) is 8.29. The molecule has 3 heterocycles. The van der Waals surface area contributed by atoms with Crippen molar-refractivity contribution in [3.05, 3.63) is 175 Å². The first-order valence-electron chi connectivity index (χ1n) is 18.1. The molecule has 0 bridgehead atoms. The third-order valence-corrected chi connectivity index (χ3v) is 10.8. The van der Waals surface area contributed by atoms with Crippen LogP contribution in [0.15, 0.2) is 173 Å². The van der Waals surface area contributed by atoms with Gasteiger partial charge in [-0.3, -0.25) is 0 Å². The molecule has 55 heavy (non-hydrogen) atoms. The smallest absolute Gasteiger partial charge is 0.145 e. The van der Waals surface area contributed by atoms with Crippen LogP contribution in [-0.4, -0.2) is 4.57 Å². The van der Waals surface area contributed by atoms with Crippen molar-refractivity contribution in [3.8, 4) is 51.2 Å². The predicted molar refractivity (Wildman–Crippen MR) is 221 cm³/mol. The van der Waals surface area contributed by atoms with E-state index >= 15 is 0 Å². The van der Waals surface area contributed by atoms with Crippen molar-refractivity contribution in [2.45, 2.75) is 0 Å². The van der Waals surface area contributed by atoms with Gasteiger partial charge >= 0.3 is 0 Å². The van der Waals surface area contributed by atoms with Crippen LogP contribution in [0.1, 0.15) is 11.1 Å². The van der Waals surface area contributed by atoms with Crippen LogP contribution in [0, 0.1) is 22.7 Å². The Bertz CT molecular complexity index is 3440. The largest absolute Gasteiger partial charge is 0.456 e. The van der Waals surface area contributed by atoms with Gasteiger partial charge in [-0.2, -0.15) is 10.5 Å². The second-order valence-electron chi connectivity index (χ2n) is 14.0. The lowest BCUT2D eigenvalue weighted by molar-refractivity contribution is 0.669. The van der Waals surface area contributed by atoms with E-state index in [0.29, 0.717) is 11.1 Å². The number of nitrogens with zero attached hydrogens (tertiary/aromatic N) is 3. The lowest BCUT2D eigenvalue weighted by atomic mass is 9.94. The zero-order valence-corrected chi connectivity index (χ0v) is 29.2. The Morgan fingerprint density at radius 1 is 0.382 bits per heavy atom. The van der Waals surface area contributed by atoms with Crippen molar-refractivity contribution in [3.63, 3.8) is 0 Å². The molecule has 254 valence electrons. The number of benzene rings is 8. The summed E-state index contributed by atoms with van der Waals surface area (Å²) < 4.78 is 15.3. The van der Waals surface area contributed by atoms with Crippen molar-refractivity contribution >= 4 is 65.7 Å². The number of furan rings is 2. The van der Waals surface area contributed by atoms with E-state index < -0.39 is 0 Å². The molecule has 5 heteroatoms. The summed E-state index contributed by atoms with van der Waals surface area (Å²) in [5.41, 5.74) is 13.3. The van der Waals surface area contributed by atoms with Crippen LogP contribution in [0.2, 0.25) is 0 Å². The van der Waals surface area contributed by atoms with Crippen molar-refractivity contribution in [1.82, 2.24) is 4.57 Å². The number of rotatable bonds is 4. The molecular weight excluding hydrogens is 675 g/mol. The highest BCUT2D eigenvalue weighted by atomic mass is 16.3. The van der Waals surface area contributed by atoms with E-state index in [9.17, 15) is 10.5 Å². The second-order valence-corrected chi connectivity index (χ2v) is 14.0. The van der Waals surface area contributed by atoms with Crippen LogP contribution in [0.5, 0.6) is 0 Å². The van der Waals surface area contributed by atoms with Crippen LogP contribution >= 0.6 is 0 Å². The standard InChI is InChI=1S/C50H27N3O2/c51-28-30-20-31(29-52)22-35(21-30)32-8-7-9-33(23-32)36-24-37(34-16-17-41-39-10-2-5-14-46(39)54-48(41)27-34)26-38(25-36)53-44-13-4-1-12-43(44)49-45(53)19-18-42-40-11-3-6-15-47(40)55-50(42)49/h1-27H. The maximum atomic E-state index is 9.70. The summed E-state index contributed by atoms with van der Waals surface area (Å²) in [7, 11) is 0. The van der Waals surface area contributed by atoms with E-state index in [-0.39, 0.29) is 0 Å². The number of nitriles is 2. The number of hydrogen-bond donors (Lipinski definition) is 0. The maximum absolute atomic E-state index is 9.70. The minimum atomic E-state index is 0.453. The third-order valence-electron chi connectivity index (χ3n) is 10.8. The predicted octanol–water partition coefficient (Wildman–Crippen LogP) is 13.3. The molecule has 0 spiro atoms. The number of aromatic nitrogens is 1. The number of hydrogen-bond acceptors (Lipinski definition) is 4. The molecule has 3 aromatic heterocycles. The third kappa shape index (κ3) is 4.78. The van der Waals surface area contributed by atoms with Gasteiger partial charge in [0.05, 0.1) is 39.7 Å². The van der Waals surface area contributed by atoms with Gasteiger partial charge in [0, 0.05) is 32.6 Å². The molecule has 5 nitrogen and oxygen atoms in total. The summed E-state index contributed by atoms with van der Waals surface area (Å²) in [6.07, 6.45) is 0. The van der Waals surface area contributed by atoms with Crippen molar-refractivity contribution in [1.29, 1.82) is 10.5 Å². The van der Waals surface area contributed by atoms with Crippen molar-refractivity contribution in [2.24, 2.45) is 0 Å². The van der Waals surface area contributed by atoms with Crippen LogP contribution in [-0.2, 0) is 0 Å². The molecule has 8 aromatic carbocycles. The zero-order chi connectivity index (χ0) is 36.6. The van der Waals surface area contributed by atoms with E-state index in [1.165, 1.54) is 0 Å². The topological polar surface area (TPSA) is 78.8 Å². The highest BCUT2D eigenvalue weighted by Gasteiger charge is 2.20. The average molecular weight is 702 g/mol. The lowest BCUT2D eigenvalue weighted by Gasteiger charge is -2.15. The molecule has 0 amide bonds. The summed E-state index contributed by atoms with van der Waals surface area (Å²) in [6, 6.07) is 60.4. The van der Waals surface area contributed by atoms with E-state index in [2.05, 4.69) is 120 Å². The Hall–Kier alpha value is -7.86. The summed E-state index contributed by atoms with van der Waals surface area (Å²) in [5, 5.41) is 26.0. The summed E-state index contributed by atoms with van der Waals surface area (Å²) >= 11 is 0. The lowest BCUT2D eigenvalue weighted by Crippen LogP contribution is -1.96.